The molecule has 1 aliphatic carbocycles. The zero-order chi connectivity index (χ0) is 13.0. The van der Waals surface area contributed by atoms with Crippen molar-refractivity contribution in [3.8, 4) is 0 Å². The average Bonchev–Trinajstić information content (AvgIpc) is 2.38. The summed E-state index contributed by atoms with van der Waals surface area (Å²) in [6.45, 7) is 0.740. The van der Waals surface area contributed by atoms with Crippen LogP contribution in [0.2, 0.25) is 0 Å². The molecule has 2 unspecified atom stereocenters. The highest BCUT2D eigenvalue weighted by Gasteiger charge is 2.38. The Kier molecular flexibility index (Phi) is 5.34. The fourth-order valence-electron chi connectivity index (χ4n) is 3.42. The van der Waals surface area contributed by atoms with Crippen LogP contribution in [0.3, 0.4) is 0 Å². The molecule has 0 radical (unpaired) electrons. The predicted molar refractivity (Wildman–Crippen MR) is 75.4 cm³/mol. The van der Waals surface area contributed by atoms with E-state index in [1.165, 1.54) is 25.7 Å². The van der Waals surface area contributed by atoms with E-state index < -0.39 is 10.0 Å². The lowest BCUT2D eigenvalue weighted by molar-refractivity contribution is 0.129. The van der Waals surface area contributed by atoms with E-state index in [9.17, 15) is 8.42 Å². The van der Waals surface area contributed by atoms with Crippen LogP contribution in [0, 0.1) is 5.92 Å². The molecule has 0 bridgehead atoms. The number of halogens is 1. The Morgan fingerprint density at radius 3 is 2.56 bits per heavy atom. The van der Waals surface area contributed by atoms with Crippen LogP contribution in [0.4, 0.5) is 0 Å². The zero-order valence-corrected chi connectivity index (χ0v) is 12.6. The van der Waals surface area contributed by atoms with E-state index in [0.717, 1.165) is 25.8 Å². The SMILES string of the molecule is O=S(=O)(CCCCCl)N1CCCC2CCCCC21. The van der Waals surface area contributed by atoms with E-state index in [-0.39, 0.29) is 5.75 Å². The quantitative estimate of drug-likeness (QED) is 0.577. The maximum atomic E-state index is 12.4. The molecular weight excluding hydrogens is 270 g/mol. The van der Waals surface area contributed by atoms with E-state index in [1.807, 2.05) is 4.31 Å². The van der Waals surface area contributed by atoms with Crippen molar-refractivity contribution < 1.29 is 8.42 Å². The highest BCUT2D eigenvalue weighted by atomic mass is 35.5. The number of fused-ring (bicyclic) bond motifs is 1. The summed E-state index contributed by atoms with van der Waals surface area (Å²) < 4.78 is 26.6. The molecule has 2 aliphatic rings. The number of sulfonamides is 1. The van der Waals surface area contributed by atoms with Gasteiger partial charge in [0.15, 0.2) is 0 Å². The normalized spacial score (nSPS) is 30.1. The van der Waals surface area contributed by atoms with Crippen molar-refractivity contribution in [3.63, 3.8) is 0 Å². The Bertz CT molecular complexity index is 356. The first kappa shape index (κ1) is 14.6. The van der Waals surface area contributed by atoms with E-state index in [0.29, 0.717) is 24.3 Å². The third-order valence-corrected chi connectivity index (χ3v) is 6.58. The van der Waals surface area contributed by atoms with Crippen LogP contribution < -0.4 is 0 Å². The molecule has 1 saturated heterocycles. The Morgan fingerprint density at radius 1 is 1.06 bits per heavy atom. The van der Waals surface area contributed by atoms with E-state index in [2.05, 4.69) is 0 Å². The lowest BCUT2D eigenvalue weighted by atomic mass is 9.79. The molecule has 1 saturated carbocycles. The van der Waals surface area contributed by atoms with Crippen LogP contribution in [-0.2, 0) is 10.0 Å². The van der Waals surface area contributed by atoms with Gasteiger partial charge in [-0.05, 0) is 44.4 Å². The molecule has 2 atom stereocenters. The molecule has 1 heterocycles. The molecular formula is C13H24ClNO2S. The minimum absolute atomic E-state index is 0.281. The standard InChI is InChI=1S/C13H24ClNO2S/c14-9-3-4-11-18(16,17)15-10-5-7-12-6-1-2-8-13(12)15/h12-13H,1-11H2. The van der Waals surface area contributed by atoms with Crippen molar-refractivity contribution in [2.24, 2.45) is 5.92 Å². The largest absolute Gasteiger partial charge is 0.214 e. The monoisotopic (exact) mass is 293 g/mol. The summed E-state index contributed by atoms with van der Waals surface area (Å²) >= 11 is 5.62. The van der Waals surface area contributed by atoms with Gasteiger partial charge in [0.1, 0.15) is 0 Å². The number of alkyl halides is 1. The molecule has 0 aromatic carbocycles. The number of hydrogen-bond donors (Lipinski definition) is 0. The lowest BCUT2D eigenvalue weighted by Gasteiger charge is -2.43. The second kappa shape index (κ2) is 6.58. The molecule has 0 aromatic rings. The highest BCUT2D eigenvalue weighted by molar-refractivity contribution is 7.89. The molecule has 0 N–H and O–H groups in total. The summed E-state index contributed by atoms with van der Waals surface area (Å²) in [5, 5.41) is 0. The molecule has 5 heteroatoms. The van der Waals surface area contributed by atoms with Gasteiger partial charge in [0.05, 0.1) is 5.75 Å². The summed E-state index contributed by atoms with van der Waals surface area (Å²) in [6.07, 6.45) is 8.50. The van der Waals surface area contributed by atoms with Gasteiger partial charge in [-0.2, -0.15) is 4.31 Å². The molecule has 1 aliphatic heterocycles. The summed E-state index contributed by atoms with van der Waals surface area (Å²) in [4.78, 5) is 0. The van der Waals surface area contributed by atoms with Crippen LogP contribution in [0.25, 0.3) is 0 Å². The van der Waals surface area contributed by atoms with Crippen LogP contribution in [0.15, 0.2) is 0 Å². The van der Waals surface area contributed by atoms with Gasteiger partial charge in [0.2, 0.25) is 10.0 Å². The second-order valence-electron chi connectivity index (χ2n) is 5.58. The lowest BCUT2D eigenvalue weighted by Crippen LogP contribution is -2.50. The molecule has 0 aromatic heterocycles. The number of piperidine rings is 1. The van der Waals surface area contributed by atoms with Crippen molar-refractivity contribution in [1.82, 2.24) is 4.31 Å². The van der Waals surface area contributed by atoms with Crippen molar-refractivity contribution in [1.29, 1.82) is 0 Å². The van der Waals surface area contributed by atoms with E-state index >= 15 is 0 Å². The van der Waals surface area contributed by atoms with Gasteiger partial charge in [0, 0.05) is 18.5 Å². The fraction of sp³-hybridized carbons (Fsp3) is 1.00. The molecule has 18 heavy (non-hydrogen) atoms. The van der Waals surface area contributed by atoms with Crippen molar-refractivity contribution in [2.45, 2.75) is 57.4 Å². The molecule has 106 valence electrons. The Labute approximate surface area is 116 Å². The topological polar surface area (TPSA) is 37.4 Å². The number of unbranched alkanes of at least 4 members (excludes halogenated alkanes) is 1. The van der Waals surface area contributed by atoms with Crippen LogP contribution in [-0.4, -0.2) is 36.9 Å². The van der Waals surface area contributed by atoms with Gasteiger partial charge in [-0.25, -0.2) is 8.42 Å². The number of rotatable bonds is 5. The highest BCUT2D eigenvalue weighted by Crippen LogP contribution is 2.36. The smallest absolute Gasteiger partial charge is 0.212 e. The van der Waals surface area contributed by atoms with Crippen LogP contribution >= 0.6 is 11.6 Å². The van der Waals surface area contributed by atoms with Gasteiger partial charge in [-0.15, -0.1) is 11.6 Å². The maximum Gasteiger partial charge on any atom is 0.214 e. The van der Waals surface area contributed by atoms with E-state index in [4.69, 9.17) is 11.6 Å². The maximum absolute atomic E-state index is 12.4. The Morgan fingerprint density at radius 2 is 1.78 bits per heavy atom. The number of hydrogen-bond acceptors (Lipinski definition) is 2. The third kappa shape index (κ3) is 3.40. The predicted octanol–water partition coefficient (Wildman–Crippen LogP) is 2.99. The minimum atomic E-state index is -3.05. The van der Waals surface area contributed by atoms with Gasteiger partial charge in [0.25, 0.3) is 0 Å². The second-order valence-corrected chi connectivity index (χ2v) is 8.00. The number of nitrogens with zero attached hydrogens (tertiary/aromatic N) is 1. The van der Waals surface area contributed by atoms with Crippen molar-refractivity contribution in [3.05, 3.63) is 0 Å². The minimum Gasteiger partial charge on any atom is -0.212 e. The summed E-state index contributed by atoms with van der Waals surface area (Å²) in [7, 11) is -3.05. The fourth-order valence-corrected chi connectivity index (χ4v) is 5.51. The first-order valence-corrected chi connectivity index (χ1v) is 9.35. The first-order chi connectivity index (χ1) is 8.65. The molecule has 3 nitrogen and oxygen atoms in total. The van der Waals surface area contributed by atoms with Crippen molar-refractivity contribution in [2.75, 3.05) is 18.2 Å². The molecule has 0 spiro atoms. The van der Waals surface area contributed by atoms with Crippen LogP contribution in [0.1, 0.15) is 51.4 Å². The van der Waals surface area contributed by atoms with Gasteiger partial charge >= 0.3 is 0 Å². The van der Waals surface area contributed by atoms with Crippen LogP contribution in [0.5, 0.6) is 0 Å². The summed E-state index contributed by atoms with van der Waals surface area (Å²) in [5.41, 5.74) is 0. The Hall–Kier alpha value is 0.200. The zero-order valence-electron chi connectivity index (χ0n) is 11.0. The molecule has 0 amide bonds. The van der Waals surface area contributed by atoms with Gasteiger partial charge in [-0.3, -0.25) is 0 Å². The van der Waals surface area contributed by atoms with Crippen molar-refractivity contribution >= 4 is 21.6 Å². The third-order valence-electron chi connectivity index (χ3n) is 4.34. The average molecular weight is 294 g/mol. The van der Waals surface area contributed by atoms with E-state index in [1.54, 1.807) is 0 Å². The first-order valence-electron chi connectivity index (χ1n) is 7.20. The summed E-state index contributed by atoms with van der Waals surface area (Å²) in [5.74, 6) is 1.46. The molecule has 2 fully saturated rings. The summed E-state index contributed by atoms with van der Waals surface area (Å²) in [6, 6.07) is 0.300. The Balaban J connectivity index is 2.00. The van der Waals surface area contributed by atoms with Gasteiger partial charge < -0.3 is 0 Å². The molecule has 2 rings (SSSR count). The van der Waals surface area contributed by atoms with Gasteiger partial charge in [-0.1, -0.05) is 12.8 Å².